The van der Waals surface area contributed by atoms with E-state index in [0.29, 0.717) is 32.5 Å². The quantitative estimate of drug-likeness (QED) is 0.881. The molecule has 1 aliphatic heterocycles. The first kappa shape index (κ1) is 14.4. The molecule has 0 aromatic heterocycles. The van der Waals surface area contributed by atoms with Gasteiger partial charge in [-0.3, -0.25) is 9.59 Å². The maximum Gasteiger partial charge on any atom is 0.227 e. The van der Waals surface area contributed by atoms with E-state index in [9.17, 15) is 9.59 Å². The van der Waals surface area contributed by atoms with Crippen LogP contribution in [-0.2, 0) is 16.0 Å². The van der Waals surface area contributed by atoms with Gasteiger partial charge in [-0.2, -0.15) is 0 Å². The molecular formula is C15H21N3O2. The summed E-state index contributed by atoms with van der Waals surface area (Å²) in [6, 6.07) is 7.98. The molecule has 1 aromatic rings. The molecule has 0 unspecified atom stereocenters. The maximum absolute atomic E-state index is 12.2. The Balaban J connectivity index is 1.95. The summed E-state index contributed by atoms with van der Waals surface area (Å²) in [5, 5.41) is 2.77. The van der Waals surface area contributed by atoms with E-state index < -0.39 is 0 Å². The van der Waals surface area contributed by atoms with Crippen molar-refractivity contribution in [1.29, 1.82) is 0 Å². The average molecular weight is 275 g/mol. The summed E-state index contributed by atoms with van der Waals surface area (Å²) in [6.45, 7) is 1.66. The Morgan fingerprint density at radius 1 is 1.25 bits per heavy atom. The van der Waals surface area contributed by atoms with Gasteiger partial charge in [0, 0.05) is 45.8 Å². The molecule has 0 bridgehead atoms. The molecule has 0 atom stereocenters. The molecule has 2 amide bonds. The lowest BCUT2D eigenvalue weighted by atomic mass is 10.1. The number of anilines is 1. The van der Waals surface area contributed by atoms with Crippen LogP contribution in [0.2, 0.25) is 0 Å². The standard InChI is InChI=1S/C15H21N3O2/c1-17(2)13-5-3-12(4-6-13)11-15(20)18-9-7-14(19)16-8-10-18/h3-6H,7-11H2,1-2H3,(H,16,19). The van der Waals surface area contributed by atoms with Gasteiger partial charge in [0.2, 0.25) is 11.8 Å². The van der Waals surface area contributed by atoms with E-state index in [0.717, 1.165) is 11.3 Å². The van der Waals surface area contributed by atoms with Crippen molar-refractivity contribution in [3.63, 3.8) is 0 Å². The third-order valence-electron chi connectivity index (χ3n) is 3.47. The van der Waals surface area contributed by atoms with E-state index in [2.05, 4.69) is 5.32 Å². The molecule has 5 nitrogen and oxygen atoms in total. The van der Waals surface area contributed by atoms with Crippen LogP contribution < -0.4 is 10.2 Å². The van der Waals surface area contributed by atoms with Gasteiger partial charge in [-0.25, -0.2) is 0 Å². The summed E-state index contributed by atoms with van der Waals surface area (Å²) in [5.41, 5.74) is 2.12. The van der Waals surface area contributed by atoms with Crippen LogP contribution in [0, 0.1) is 0 Å². The number of amides is 2. The Kier molecular flexibility index (Phi) is 4.61. The van der Waals surface area contributed by atoms with E-state index in [4.69, 9.17) is 0 Å². The smallest absolute Gasteiger partial charge is 0.227 e. The molecule has 1 aromatic carbocycles. The van der Waals surface area contributed by atoms with Gasteiger partial charge in [-0.05, 0) is 17.7 Å². The van der Waals surface area contributed by atoms with Gasteiger partial charge in [0.1, 0.15) is 0 Å². The van der Waals surface area contributed by atoms with E-state index in [1.54, 1.807) is 4.90 Å². The Hall–Kier alpha value is -2.04. The van der Waals surface area contributed by atoms with E-state index in [-0.39, 0.29) is 11.8 Å². The highest BCUT2D eigenvalue weighted by molar-refractivity contribution is 5.81. The van der Waals surface area contributed by atoms with E-state index in [1.807, 2.05) is 43.3 Å². The van der Waals surface area contributed by atoms with Crippen molar-refractivity contribution in [2.45, 2.75) is 12.8 Å². The molecule has 1 aliphatic rings. The number of nitrogens with one attached hydrogen (secondary N) is 1. The van der Waals surface area contributed by atoms with Crippen LogP contribution in [0.25, 0.3) is 0 Å². The summed E-state index contributed by atoms with van der Waals surface area (Å²) >= 11 is 0. The highest BCUT2D eigenvalue weighted by atomic mass is 16.2. The number of hydrogen-bond acceptors (Lipinski definition) is 3. The summed E-state index contributed by atoms with van der Waals surface area (Å²) in [6.07, 6.45) is 0.785. The molecule has 0 radical (unpaired) electrons. The highest BCUT2D eigenvalue weighted by Gasteiger charge is 2.18. The lowest BCUT2D eigenvalue weighted by Gasteiger charge is -2.19. The largest absolute Gasteiger partial charge is 0.378 e. The Morgan fingerprint density at radius 3 is 2.60 bits per heavy atom. The number of carbonyl (C=O) groups excluding carboxylic acids is 2. The minimum absolute atomic E-state index is 0.0237. The van der Waals surface area contributed by atoms with Crippen molar-refractivity contribution in [2.75, 3.05) is 38.6 Å². The third-order valence-corrected chi connectivity index (χ3v) is 3.47. The van der Waals surface area contributed by atoms with Crippen LogP contribution in [0.15, 0.2) is 24.3 Å². The molecule has 2 rings (SSSR count). The molecule has 0 spiro atoms. The molecule has 1 fully saturated rings. The third kappa shape index (κ3) is 3.73. The van der Waals surface area contributed by atoms with Gasteiger partial charge in [0.05, 0.1) is 6.42 Å². The number of benzene rings is 1. The van der Waals surface area contributed by atoms with Gasteiger partial charge in [-0.1, -0.05) is 12.1 Å². The summed E-state index contributed by atoms with van der Waals surface area (Å²) in [5.74, 6) is 0.106. The second-order valence-corrected chi connectivity index (χ2v) is 5.22. The molecule has 108 valence electrons. The van der Waals surface area contributed by atoms with Crippen molar-refractivity contribution in [3.8, 4) is 0 Å². The first-order valence-electron chi connectivity index (χ1n) is 6.87. The Bertz CT molecular complexity index is 482. The molecule has 0 saturated carbocycles. The van der Waals surface area contributed by atoms with Crippen molar-refractivity contribution < 1.29 is 9.59 Å². The predicted molar refractivity (Wildman–Crippen MR) is 78.7 cm³/mol. The zero-order valence-corrected chi connectivity index (χ0v) is 12.1. The van der Waals surface area contributed by atoms with Gasteiger partial charge in [0.25, 0.3) is 0 Å². The fraction of sp³-hybridized carbons (Fsp3) is 0.467. The van der Waals surface area contributed by atoms with Gasteiger partial charge in [-0.15, -0.1) is 0 Å². The van der Waals surface area contributed by atoms with Crippen molar-refractivity contribution in [2.24, 2.45) is 0 Å². The normalized spacial score (nSPS) is 15.5. The first-order chi connectivity index (χ1) is 9.56. The van der Waals surface area contributed by atoms with Crippen LogP contribution >= 0.6 is 0 Å². The zero-order valence-electron chi connectivity index (χ0n) is 12.1. The SMILES string of the molecule is CN(C)c1ccc(CC(=O)N2CCNC(=O)CC2)cc1. The summed E-state index contributed by atoms with van der Waals surface area (Å²) in [4.78, 5) is 27.3. The number of carbonyl (C=O) groups is 2. The molecule has 1 N–H and O–H groups in total. The van der Waals surface area contributed by atoms with Gasteiger partial charge >= 0.3 is 0 Å². The highest BCUT2D eigenvalue weighted by Crippen LogP contribution is 2.13. The van der Waals surface area contributed by atoms with Crippen LogP contribution in [0.1, 0.15) is 12.0 Å². The summed E-state index contributed by atoms with van der Waals surface area (Å²) in [7, 11) is 3.98. The molecule has 20 heavy (non-hydrogen) atoms. The molecule has 1 saturated heterocycles. The fourth-order valence-electron chi connectivity index (χ4n) is 2.21. The molecule has 1 heterocycles. The van der Waals surface area contributed by atoms with Gasteiger partial charge in [0.15, 0.2) is 0 Å². The number of rotatable bonds is 3. The summed E-state index contributed by atoms with van der Waals surface area (Å²) < 4.78 is 0. The minimum atomic E-state index is 0.0237. The van der Waals surface area contributed by atoms with Crippen LogP contribution in [-0.4, -0.2) is 50.4 Å². The van der Waals surface area contributed by atoms with Crippen molar-refractivity contribution in [3.05, 3.63) is 29.8 Å². The first-order valence-corrected chi connectivity index (χ1v) is 6.87. The number of nitrogens with zero attached hydrogens (tertiary/aromatic N) is 2. The monoisotopic (exact) mass is 275 g/mol. The topological polar surface area (TPSA) is 52.7 Å². The molecule has 5 heteroatoms. The van der Waals surface area contributed by atoms with E-state index >= 15 is 0 Å². The fourth-order valence-corrected chi connectivity index (χ4v) is 2.21. The van der Waals surface area contributed by atoms with Crippen molar-refractivity contribution >= 4 is 17.5 Å². The lowest BCUT2D eigenvalue weighted by molar-refractivity contribution is -0.130. The van der Waals surface area contributed by atoms with Gasteiger partial charge < -0.3 is 15.1 Å². The minimum Gasteiger partial charge on any atom is -0.378 e. The second-order valence-electron chi connectivity index (χ2n) is 5.22. The maximum atomic E-state index is 12.2. The predicted octanol–water partition coefficient (Wildman–Crippen LogP) is 0.644. The zero-order chi connectivity index (χ0) is 14.5. The van der Waals surface area contributed by atoms with Crippen LogP contribution in [0.4, 0.5) is 5.69 Å². The van der Waals surface area contributed by atoms with Crippen molar-refractivity contribution in [1.82, 2.24) is 10.2 Å². The number of hydrogen-bond donors (Lipinski definition) is 1. The molecule has 0 aliphatic carbocycles. The van der Waals surface area contributed by atoms with Crippen LogP contribution in [0.5, 0.6) is 0 Å². The Labute approximate surface area is 119 Å². The lowest BCUT2D eigenvalue weighted by Crippen LogP contribution is -2.35. The average Bonchev–Trinajstić information content (AvgIpc) is 2.64. The van der Waals surface area contributed by atoms with Crippen LogP contribution in [0.3, 0.4) is 0 Å². The molecular weight excluding hydrogens is 254 g/mol. The second kappa shape index (κ2) is 6.41. The Morgan fingerprint density at radius 2 is 1.95 bits per heavy atom. The van der Waals surface area contributed by atoms with E-state index in [1.165, 1.54) is 0 Å².